The largest absolute Gasteiger partial charge is 0.462 e. The van der Waals surface area contributed by atoms with Crippen molar-refractivity contribution in [2.75, 3.05) is 0 Å². The summed E-state index contributed by atoms with van der Waals surface area (Å²) in [6.07, 6.45) is 7.49. The van der Waals surface area contributed by atoms with Crippen molar-refractivity contribution in [1.29, 1.82) is 0 Å². The highest BCUT2D eigenvalue weighted by molar-refractivity contribution is 5.66. The van der Waals surface area contributed by atoms with Crippen LogP contribution in [0.15, 0.2) is 0 Å². The highest BCUT2D eigenvalue weighted by Gasteiger charge is 2.61. The molecule has 204 valence electrons. The van der Waals surface area contributed by atoms with E-state index in [2.05, 4.69) is 34.6 Å². The third-order valence-corrected chi connectivity index (χ3v) is 10.0. The molecule has 3 aliphatic rings. The molecular weight excluding hydrogens is 446 g/mol. The van der Waals surface area contributed by atoms with Crippen molar-refractivity contribution in [3.05, 3.63) is 0 Å². The van der Waals surface area contributed by atoms with E-state index in [1.807, 2.05) is 20.8 Å². The van der Waals surface area contributed by atoms with Crippen molar-refractivity contribution in [2.24, 2.45) is 0 Å². The van der Waals surface area contributed by atoms with Gasteiger partial charge in [0.05, 0.1) is 11.1 Å². The van der Waals surface area contributed by atoms with Crippen LogP contribution in [-0.4, -0.2) is 76.1 Å². The number of carbonyl (C=O) groups excluding carboxylic acids is 1. The van der Waals surface area contributed by atoms with E-state index in [0.717, 1.165) is 38.5 Å². The van der Waals surface area contributed by atoms with Crippen LogP contribution in [0.3, 0.4) is 0 Å². The Morgan fingerprint density at radius 1 is 0.714 bits per heavy atom. The van der Waals surface area contributed by atoms with Gasteiger partial charge in [-0.05, 0) is 107 Å². The Labute approximate surface area is 212 Å². The van der Waals surface area contributed by atoms with Gasteiger partial charge in [0, 0.05) is 41.9 Å². The van der Waals surface area contributed by atoms with E-state index in [9.17, 15) is 20.4 Å². The van der Waals surface area contributed by atoms with Crippen molar-refractivity contribution in [3.63, 3.8) is 0 Å². The van der Waals surface area contributed by atoms with Crippen LogP contribution in [0.1, 0.15) is 127 Å². The summed E-state index contributed by atoms with van der Waals surface area (Å²) in [5.74, 6) is -0.298. The zero-order valence-corrected chi connectivity index (χ0v) is 23.6. The number of rotatable bonds is 5. The summed E-state index contributed by atoms with van der Waals surface area (Å²) in [6, 6.07) is 0. The lowest BCUT2D eigenvalue weighted by Gasteiger charge is -2.64. The molecule has 8 nitrogen and oxygen atoms in total. The molecular formula is C27H51N3O5. The van der Waals surface area contributed by atoms with E-state index in [0.29, 0.717) is 25.7 Å². The van der Waals surface area contributed by atoms with Crippen LogP contribution in [0, 0.1) is 0 Å². The second kappa shape index (κ2) is 9.21. The molecule has 0 saturated carbocycles. The number of piperidine rings is 3. The minimum atomic E-state index is -0.627. The summed E-state index contributed by atoms with van der Waals surface area (Å²) in [5.41, 5.74) is -3.22. The maximum atomic E-state index is 11.9. The summed E-state index contributed by atoms with van der Waals surface area (Å²) in [6.45, 7) is 17.8. The van der Waals surface area contributed by atoms with Crippen LogP contribution >= 0.6 is 0 Å². The number of hydrogen-bond acceptors (Lipinski definition) is 8. The molecule has 0 aromatic heterocycles. The molecule has 0 aliphatic carbocycles. The lowest BCUT2D eigenvalue weighted by Crippen LogP contribution is -2.76. The molecule has 35 heavy (non-hydrogen) atoms. The third-order valence-electron chi connectivity index (χ3n) is 10.0. The van der Waals surface area contributed by atoms with Crippen LogP contribution in [0.2, 0.25) is 0 Å². The van der Waals surface area contributed by atoms with E-state index in [1.54, 1.807) is 5.06 Å². The number of hydroxylamine groups is 6. The molecule has 3 rings (SSSR count). The summed E-state index contributed by atoms with van der Waals surface area (Å²) in [5, 5.41) is 38.9. The molecule has 0 aromatic rings. The monoisotopic (exact) mass is 497 g/mol. The van der Waals surface area contributed by atoms with E-state index >= 15 is 0 Å². The van der Waals surface area contributed by atoms with Crippen LogP contribution in [0.25, 0.3) is 0 Å². The van der Waals surface area contributed by atoms with Gasteiger partial charge < -0.3 is 20.4 Å². The number of nitrogens with zero attached hydrogens (tertiary/aromatic N) is 3. The predicted molar refractivity (Wildman–Crippen MR) is 134 cm³/mol. The standard InChI is InChI=1S/C27H51N3O5/c1-20(31)35-21-18-23(4,5)28(32)25(7,19-21)17-16-24(6)13-11-15-27(9,30(24)34)26(8)14-10-12-22(2,3)29(26)33/h21,32-34H,10-19H2,1-9H3. The van der Waals surface area contributed by atoms with Crippen LogP contribution < -0.4 is 0 Å². The topological polar surface area (TPSA) is 96.7 Å². The van der Waals surface area contributed by atoms with Crippen molar-refractivity contribution >= 4 is 5.97 Å². The van der Waals surface area contributed by atoms with E-state index in [1.165, 1.54) is 17.1 Å². The van der Waals surface area contributed by atoms with Gasteiger partial charge >= 0.3 is 5.97 Å². The quantitative estimate of drug-likeness (QED) is 0.427. The van der Waals surface area contributed by atoms with E-state index in [4.69, 9.17) is 4.74 Å². The predicted octanol–water partition coefficient (Wildman–Crippen LogP) is 5.53. The molecule has 0 aromatic carbocycles. The molecule has 8 heteroatoms. The maximum absolute atomic E-state index is 11.9. The molecule has 0 spiro atoms. The third kappa shape index (κ3) is 4.91. The summed E-state index contributed by atoms with van der Waals surface area (Å²) in [4.78, 5) is 11.7. The molecule has 3 heterocycles. The van der Waals surface area contributed by atoms with Gasteiger partial charge in [-0.25, -0.2) is 0 Å². The Morgan fingerprint density at radius 3 is 1.80 bits per heavy atom. The summed E-state index contributed by atoms with van der Waals surface area (Å²) >= 11 is 0. The van der Waals surface area contributed by atoms with Gasteiger partial charge in [0.15, 0.2) is 0 Å². The number of esters is 1. The van der Waals surface area contributed by atoms with Gasteiger partial charge in [0.25, 0.3) is 0 Å². The minimum absolute atomic E-state index is 0.253. The average Bonchev–Trinajstić information content (AvgIpc) is 2.72. The first-order valence-electron chi connectivity index (χ1n) is 13.5. The van der Waals surface area contributed by atoms with Crippen molar-refractivity contribution < 1.29 is 25.2 Å². The Kier molecular flexibility index (Phi) is 7.58. The summed E-state index contributed by atoms with van der Waals surface area (Å²) in [7, 11) is 0. The van der Waals surface area contributed by atoms with E-state index in [-0.39, 0.29) is 17.6 Å². The first kappa shape index (κ1) is 28.8. The molecule has 0 radical (unpaired) electrons. The van der Waals surface area contributed by atoms with Crippen molar-refractivity contribution in [2.45, 2.75) is 166 Å². The molecule has 0 amide bonds. The minimum Gasteiger partial charge on any atom is -0.462 e. The number of carbonyl (C=O) groups is 1. The van der Waals surface area contributed by atoms with Crippen LogP contribution in [0.5, 0.6) is 0 Å². The molecule has 3 saturated heterocycles. The Balaban J connectivity index is 1.84. The molecule has 3 N–H and O–H groups in total. The second-order valence-electron chi connectivity index (χ2n) is 13.9. The fourth-order valence-corrected chi connectivity index (χ4v) is 7.68. The normalized spacial score (nSPS) is 43.1. The molecule has 0 bridgehead atoms. The van der Waals surface area contributed by atoms with Gasteiger partial charge in [-0.15, -0.1) is 0 Å². The molecule has 5 atom stereocenters. The Morgan fingerprint density at radius 2 is 1.23 bits per heavy atom. The van der Waals surface area contributed by atoms with Gasteiger partial charge in [-0.1, -0.05) is 0 Å². The zero-order chi connectivity index (χ0) is 26.7. The highest BCUT2D eigenvalue weighted by atomic mass is 16.5. The lowest BCUT2D eigenvalue weighted by molar-refractivity contribution is -0.343. The molecule has 3 fully saturated rings. The van der Waals surface area contributed by atoms with Crippen LogP contribution in [-0.2, 0) is 9.53 Å². The lowest BCUT2D eigenvalue weighted by atomic mass is 9.63. The first-order chi connectivity index (χ1) is 15.8. The smallest absolute Gasteiger partial charge is 0.302 e. The average molecular weight is 498 g/mol. The maximum Gasteiger partial charge on any atom is 0.302 e. The van der Waals surface area contributed by atoms with Gasteiger partial charge in [0.1, 0.15) is 6.10 Å². The molecule has 3 aliphatic heterocycles. The van der Waals surface area contributed by atoms with Crippen LogP contribution in [0.4, 0.5) is 0 Å². The Hall–Kier alpha value is -0.770. The van der Waals surface area contributed by atoms with Gasteiger partial charge in [-0.3, -0.25) is 4.79 Å². The van der Waals surface area contributed by atoms with Crippen molar-refractivity contribution in [3.8, 4) is 0 Å². The summed E-state index contributed by atoms with van der Waals surface area (Å²) < 4.78 is 5.60. The fourth-order valence-electron chi connectivity index (χ4n) is 7.68. The number of ether oxygens (including phenoxy) is 1. The van der Waals surface area contributed by atoms with Gasteiger partial charge in [-0.2, -0.15) is 15.2 Å². The first-order valence-corrected chi connectivity index (χ1v) is 13.5. The van der Waals surface area contributed by atoms with Gasteiger partial charge in [0.2, 0.25) is 0 Å². The zero-order valence-electron chi connectivity index (χ0n) is 23.6. The molecule has 5 unspecified atom stereocenters. The van der Waals surface area contributed by atoms with Crippen molar-refractivity contribution in [1.82, 2.24) is 15.2 Å². The fraction of sp³-hybridized carbons (Fsp3) is 0.963. The SMILES string of the molecule is CC(=O)OC1CC(C)(C)N(O)C(C)(CCC2(C)CCCC(C)(C3(C)CCCC(C)(C)N3O)N2O)C1. The Bertz CT molecular complexity index is 806. The number of hydrogen-bond donors (Lipinski definition) is 3. The second-order valence-corrected chi connectivity index (χ2v) is 13.9. The van der Waals surface area contributed by atoms with E-state index < -0.39 is 27.7 Å². The highest BCUT2D eigenvalue weighted by Crippen LogP contribution is 2.53.